The second kappa shape index (κ2) is 5.04. The molecule has 2 heterocycles. The lowest BCUT2D eigenvalue weighted by Gasteiger charge is -2.04. The Hall–Kier alpha value is -1.77. The van der Waals surface area contributed by atoms with E-state index in [1.54, 1.807) is 7.11 Å². The lowest BCUT2D eigenvalue weighted by atomic mass is 10.1. The first-order valence-corrected chi connectivity index (χ1v) is 6.59. The summed E-state index contributed by atoms with van der Waals surface area (Å²) in [7, 11) is 1.59. The van der Waals surface area contributed by atoms with Crippen LogP contribution in [0, 0.1) is 11.3 Å². The fraction of sp³-hybridized carbons (Fsp3) is 0.0833. The van der Waals surface area contributed by atoms with Crippen LogP contribution in [0.25, 0.3) is 11.3 Å². The zero-order valence-electron chi connectivity index (χ0n) is 9.14. The van der Waals surface area contributed by atoms with E-state index in [4.69, 9.17) is 10.5 Å². The third-order valence-corrected chi connectivity index (χ3v) is 4.06. The third-order valence-electron chi connectivity index (χ3n) is 2.24. The summed E-state index contributed by atoms with van der Waals surface area (Å²) in [6.45, 7) is 0. The van der Waals surface area contributed by atoms with Crippen LogP contribution in [0.4, 0.5) is 0 Å². The fourth-order valence-corrected chi connectivity index (χ4v) is 3.00. The molecule has 2 N–H and O–H groups in total. The van der Waals surface area contributed by atoms with Crippen LogP contribution in [-0.4, -0.2) is 7.11 Å². The summed E-state index contributed by atoms with van der Waals surface area (Å²) in [4.78, 5) is 1.68. The number of rotatable bonds is 3. The van der Waals surface area contributed by atoms with Gasteiger partial charge in [-0.25, -0.2) is 0 Å². The summed E-state index contributed by atoms with van der Waals surface area (Å²) in [6.07, 6.45) is 0. The molecule has 0 saturated heterocycles. The van der Waals surface area contributed by atoms with Gasteiger partial charge in [0.1, 0.15) is 11.8 Å². The lowest BCUT2D eigenvalue weighted by Crippen LogP contribution is -1.99. The van der Waals surface area contributed by atoms with E-state index in [1.165, 1.54) is 22.7 Å². The molecule has 0 aromatic carbocycles. The van der Waals surface area contributed by atoms with Crippen molar-refractivity contribution in [1.82, 2.24) is 0 Å². The van der Waals surface area contributed by atoms with Gasteiger partial charge in [-0.2, -0.15) is 5.26 Å². The quantitative estimate of drug-likeness (QED) is 0.864. The van der Waals surface area contributed by atoms with Crippen molar-refractivity contribution in [2.24, 2.45) is 5.73 Å². The fourth-order valence-electron chi connectivity index (χ4n) is 1.44. The molecule has 17 heavy (non-hydrogen) atoms. The molecule has 2 aromatic rings. The van der Waals surface area contributed by atoms with E-state index in [-0.39, 0.29) is 0 Å². The van der Waals surface area contributed by atoms with Crippen LogP contribution in [0.2, 0.25) is 0 Å². The summed E-state index contributed by atoms with van der Waals surface area (Å²) in [5, 5.41) is 13.0. The van der Waals surface area contributed by atoms with Crippen molar-refractivity contribution in [2.45, 2.75) is 0 Å². The zero-order chi connectivity index (χ0) is 12.3. The van der Waals surface area contributed by atoms with Crippen molar-refractivity contribution in [3.63, 3.8) is 0 Å². The molecule has 2 rings (SSSR count). The Bertz CT molecular complexity index is 576. The minimum absolute atomic E-state index is 0.474. The highest BCUT2D eigenvalue weighted by atomic mass is 32.1. The van der Waals surface area contributed by atoms with Crippen LogP contribution < -0.4 is 10.5 Å². The van der Waals surface area contributed by atoms with Gasteiger partial charge in [-0.3, -0.25) is 0 Å². The monoisotopic (exact) mass is 262 g/mol. The number of allylic oxidation sites excluding steroid dienone is 1. The Labute approximate surface area is 107 Å². The number of hydrogen-bond acceptors (Lipinski definition) is 5. The summed E-state index contributed by atoms with van der Waals surface area (Å²) in [5.74, 6) is 0.705. The number of nitriles is 1. The standard InChI is InChI=1S/C12H10N2OS2/c1-15-9-4-6-17-12(9)11(14)8(7-13)10-3-2-5-16-10/h2-6H,14H2,1H3/b11-8+. The van der Waals surface area contributed by atoms with Crippen molar-refractivity contribution < 1.29 is 4.74 Å². The van der Waals surface area contributed by atoms with Gasteiger partial charge in [-0.05, 0) is 22.9 Å². The van der Waals surface area contributed by atoms with E-state index in [9.17, 15) is 5.26 Å². The normalized spacial score (nSPS) is 11.8. The maximum Gasteiger partial charge on any atom is 0.138 e. The number of methoxy groups -OCH3 is 1. The molecule has 0 amide bonds. The second-order valence-electron chi connectivity index (χ2n) is 3.20. The van der Waals surface area contributed by atoms with Gasteiger partial charge >= 0.3 is 0 Å². The van der Waals surface area contributed by atoms with Gasteiger partial charge in [0, 0.05) is 4.88 Å². The van der Waals surface area contributed by atoms with Crippen molar-refractivity contribution in [3.05, 3.63) is 38.7 Å². The number of ether oxygens (including phenoxy) is 1. The Kier molecular flexibility index (Phi) is 3.47. The molecule has 0 atom stereocenters. The predicted molar refractivity (Wildman–Crippen MR) is 71.8 cm³/mol. The highest BCUT2D eigenvalue weighted by Gasteiger charge is 2.14. The topological polar surface area (TPSA) is 59.0 Å². The molecule has 0 aliphatic heterocycles. The molecular weight excluding hydrogens is 252 g/mol. The first-order chi connectivity index (χ1) is 8.27. The third kappa shape index (κ3) is 2.18. The zero-order valence-corrected chi connectivity index (χ0v) is 10.8. The van der Waals surface area contributed by atoms with Gasteiger partial charge < -0.3 is 10.5 Å². The lowest BCUT2D eigenvalue weighted by molar-refractivity contribution is 0.415. The van der Waals surface area contributed by atoms with Crippen molar-refractivity contribution in [2.75, 3.05) is 7.11 Å². The molecule has 86 valence electrons. The summed E-state index contributed by atoms with van der Waals surface area (Å²) in [5.41, 5.74) is 7.03. The molecular formula is C12H10N2OS2. The van der Waals surface area contributed by atoms with Gasteiger partial charge in [-0.1, -0.05) is 6.07 Å². The van der Waals surface area contributed by atoms with E-state index in [1.807, 2.05) is 29.0 Å². The molecule has 0 spiro atoms. The van der Waals surface area contributed by atoms with Crippen molar-refractivity contribution in [3.8, 4) is 11.8 Å². The van der Waals surface area contributed by atoms with Gasteiger partial charge in [-0.15, -0.1) is 22.7 Å². The van der Waals surface area contributed by atoms with E-state index in [0.717, 1.165) is 9.75 Å². The molecule has 0 bridgehead atoms. The maximum atomic E-state index is 9.21. The smallest absolute Gasteiger partial charge is 0.138 e. The van der Waals surface area contributed by atoms with Crippen LogP contribution in [0.1, 0.15) is 9.75 Å². The molecule has 0 aliphatic carbocycles. The van der Waals surface area contributed by atoms with E-state index < -0.39 is 0 Å². The number of thiophene rings is 2. The predicted octanol–water partition coefficient (Wildman–Crippen LogP) is 3.17. The molecule has 0 saturated carbocycles. The van der Waals surface area contributed by atoms with E-state index >= 15 is 0 Å². The minimum atomic E-state index is 0.474. The van der Waals surface area contributed by atoms with Crippen LogP contribution in [-0.2, 0) is 0 Å². The highest BCUT2D eigenvalue weighted by Crippen LogP contribution is 2.34. The molecule has 3 nitrogen and oxygen atoms in total. The van der Waals surface area contributed by atoms with Crippen LogP contribution >= 0.6 is 22.7 Å². The van der Waals surface area contributed by atoms with Gasteiger partial charge in [0.2, 0.25) is 0 Å². The van der Waals surface area contributed by atoms with Gasteiger partial charge in [0.15, 0.2) is 0 Å². The Balaban J connectivity index is 2.54. The van der Waals surface area contributed by atoms with E-state index in [0.29, 0.717) is 17.0 Å². The van der Waals surface area contributed by atoms with Crippen LogP contribution in [0.5, 0.6) is 5.75 Å². The molecule has 5 heteroatoms. The number of nitrogens with zero attached hydrogens (tertiary/aromatic N) is 1. The summed E-state index contributed by atoms with van der Waals surface area (Å²) < 4.78 is 5.21. The van der Waals surface area contributed by atoms with Crippen molar-refractivity contribution in [1.29, 1.82) is 5.26 Å². The molecule has 0 aliphatic rings. The largest absolute Gasteiger partial charge is 0.495 e. The van der Waals surface area contributed by atoms with Crippen molar-refractivity contribution >= 4 is 33.9 Å². The minimum Gasteiger partial charge on any atom is -0.495 e. The number of hydrogen-bond donors (Lipinski definition) is 1. The summed E-state index contributed by atoms with van der Waals surface area (Å²) >= 11 is 2.97. The first kappa shape index (κ1) is 11.7. The Morgan fingerprint density at radius 2 is 2.18 bits per heavy atom. The Morgan fingerprint density at radius 1 is 1.35 bits per heavy atom. The molecule has 2 aromatic heterocycles. The van der Waals surface area contributed by atoms with Crippen LogP contribution in [0.15, 0.2) is 29.0 Å². The highest BCUT2D eigenvalue weighted by molar-refractivity contribution is 7.12. The number of nitrogens with two attached hydrogens (primary N) is 1. The molecule has 0 fully saturated rings. The maximum absolute atomic E-state index is 9.21. The van der Waals surface area contributed by atoms with Crippen LogP contribution in [0.3, 0.4) is 0 Å². The molecule has 0 unspecified atom stereocenters. The van der Waals surface area contributed by atoms with Gasteiger partial charge in [0.05, 0.1) is 23.3 Å². The average Bonchev–Trinajstić information content (AvgIpc) is 3.00. The summed E-state index contributed by atoms with van der Waals surface area (Å²) in [6, 6.07) is 7.79. The average molecular weight is 262 g/mol. The van der Waals surface area contributed by atoms with E-state index in [2.05, 4.69) is 6.07 Å². The van der Waals surface area contributed by atoms with Gasteiger partial charge in [0.25, 0.3) is 0 Å². The first-order valence-electron chi connectivity index (χ1n) is 4.83. The molecule has 0 radical (unpaired) electrons. The second-order valence-corrected chi connectivity index (χ2v) is 5.06. The Morgan fingerprint density at radius 3 is 2.76 bits per heavy atom. The SMILES string of the molecule is COc1ccsc1/C(N)=C(/C#N)c1cccs1.